The maximum Gasteiger partial charge on any atom is 0.191 e. The van der Waals surface area contributed by atoms with Crippen LogP contribution < -0.4 is 0 Å². The molecule has 0 saturated carbocycles. The van der Waals surface area contributed by atoms with Gasteiger partial charge in [0.1, 0.15) is 5.82 Å². The monoisotopic (exact) mass is 274 g/mol. The molecule has 0 amide bonds. The van der Waals surface area contributed by atoms with Gasteiger partial charge in [-0.25, -0.2) is 14.4 Å². The number of fused-ring (bicyclic) bond motifs is 1. The van der Waals surface area contributed by atoms with Crippen LogP contribution in [0.4, 0.5) is 4.39 Å². The van der Waals surface area contributed by atoms with E-state index in [1.165, 1.54) is 12.1 Å². The molecule has 0 saturated heterocycles. The molecule has 0 unspecified atom stereocenters. The molecular weight excluding hydrogens is 270 g/mol. The Hall–Kier alpha value is -0.780. The fraction of sp³-hybridized carbons (Fsp3) is 0. The van der Waals surface area contributed by atoms with Crippen molar-refractivity contribution in [3.63, 3.8) is 0 Å². The molecule has 1 aromatic carbocycles. The van der Waals surface area contributed by atoms with E-state index in [1.54, 1.807) is 12.3 Å². The van der Waals surface area contributed by atoms with Crippen LogP contribution in [0.1, 0.15) is 0 Å². The number of halogens is 2. The molecule has 1 aromatic heterocycles. The highest BCUT2D eigenvalue weighted by Gasteiger charge is 1.97. The van der Waals surface area contributed by atoms with E-state index < -0.39 is 0 Å². The Bertz CT molecular complexity index is 389. The molecular formula is C8H4FIN2. The molecule has 0 aliphatic rings. The second-order valence-electron chi connectivity index (χ2n) is 2.34. The summed E-state index contributed by atoms with van der Waals surface area (Å²) in [4.78, 5) is 8.08. The Balaban J connectivity index is 2.79. The molecule has 0 atom stereocenters. The molecule has 0 bridgehead atoms. The molecule has 0 spiro atoms. The van der Waals surface area contributed by atoms with E-state index in [2.05, 4.69) is 9.97 Å². The molecule has 2 aromatic rings. The summed E-state index contributed by atoms with van der Waals surface area (Å²) in [5.74, 6) is -0.257. The summed E-state index contributed by atoms with van der Waals surface area (Å²) in [6.07, 6.45) is 1.62. The van der Waals surface area contributed by atoms with Crippen LogP contribution in [0.3, 0.4) is 0 Å². The minimum absolute atomic E-state index is 0.257. The summed E-state index contributed by atoms with van der Waals surface area (Å²) in [5.41, 5.74) is 0.774. The van der Waals surface area contributed by atoms with Crippen molar-refractivity contribution in [3.8, 4) is 0 Å². The largest absolute Gasteiger partial charge is 0.231 e. The van der Waals surface area contributed by atoms with Crippen molar-refractivity contribution in [1.29, 1.82) is 0 Å². The van der Waals surface area contributed by atoms with Crippen molar-refractivity contribution in [2.75, 3.05) is 0 Å². The molecule has 0 aliphatic heterocycles. The summed E-state index contributed by atoms with van der Waals surface area (Å²) < 4.78 is 13.4. The molecule has 1 heterocycles. The summed E-state index contributed by atoms with van der Waals surface area (Å²) >= 11 is 2.02. The van der Waals surface area contributed by atoms with Gasteiger partial charge in [0.25, 0.3) is 0 Å². The first-order chi connectivity index (χ1) is 5.75. The van der Waals surface area contributed by atoms with Gasteiger partial charge in [-0.2, -0.15) is 0 Å². The average molecular weight is 274 g/mol. The average Bonchev–Trinajstić information content (AvgIpc) is 2.05. The lowest BCUT2D eigenvalue weighted by Gasteiger charge is -1.95. The highest BCUT2D eigenvalue weighted by molar-refractivity contribution is 14.1. The van der Waals surface area contributed by atoms with Crippen molar-refractivity contribution < 1.29 is 4.39 Å². The molecule has 0 radical (unpaired) electrons. The van der Waals surface area contributed by atoms with Gasteiger partial charge < -0.3 is 0 Å². The van der Waals surface area contributed by atoms with Gasteiger partial charge in [0.05, 0.1) is 5.52 Å². The summed E-state index contributed by atoms with van der Waals surface area (Å²) in [7, 11) is 0. The molecule has 2 rings (SSSR count). The lowest BCUT2D eigenvalue weighted by molar-refractivity contribution is 0.629. The minimum atomic E-state index is -0.257. The third kappa shape index (κ3) is 1.38. The van der Waals surface area contributed by atoms with Crippen LogP contribution in [-0.4, -0.2) is 9.97 Å². The van der Waals surface area contributed by atoms with E-state index in [9.17, 15) is 4.39 Å². The Morgan fingerprint density at radius 3 is 3.00 bits per heavy atom. The Kier molecular flexibility index (Phi) is 1.92. The third-order valence-corrected chi connectivity index (χ3v) is 2.03. The Labute approximate surface area is 82.0 Å². The van der Waals surface area contributed by atoms with E-state index in [1.807, 2.05) is 22.6 Å². The van der Waals surface area contributed by atoms with Crippen LogP contribution in [0.25, 0.3) is 10.9 Å². The molecule has 60 valence electrons. The Morgan fingerprint density at radius 2 is 2.17 bits per heavy atom. The number of hydrogen-bond donors (Lipinski definition) is 0. The lowest BCUT2D eigenvalue weighted by atomic mass is 10.2. The molecule has 2 nitrogen and oxygen atoms in total. The molecule has 0 N–H and O–H groups in total. The van der Waals surface area contributed by atoms with Crippen LogP contribution in [0.15, 0.2) is 24.4 Å². The van der Waals surface area contributed by atoms with Crippen LogP contribution in [0, 0.1) is 9.65 Å². The van der Waals surface area contributed by atoms with Gasteiger partial charge in [0, 0.05) is 34.2 Å². The number of benzene rings is 1. The second-order valence-corrected chi connectivity index (χ2v) is 3.31. The summed E-state index contributed by atoms with van der Waals surface area (Å²) in [6.45, 7) is 0. The molecule has 12 heavy (non-hydrogen) atoms. The topological polar surface area (TPSA) is 25.8 Å². The zero-order valence-electron chi connectivity index (χ0n) is 5.96. The van der Waals surface area contributed by atoms with Crippen LogP contribution in [0.5, 0.6) is 0 Å². The van der Waals surface area contributed by atoms with E-state index in [4.69, 9.17) is 0 Å². The first-order valence-corrected chi connectivity index (χ1v) is 4.41. The standard InChI is InChI=1S/C8H4FIN2/c9-6-1-2-7-5(3-6)4-11-8(10)12-7/h1-4H. The predicted octanol–water partition coefficient (Wildman–Crippen LogP) is 2.37. The minimum Gasteiger partial charge on any atom is -0.231 e. The number of nitrogens with zero attached hydrogens (tertiary/aromatic N) is 2. The van der Waals surface area contributed by atoms with Gasteiger partial charge in [0.15, 0.2) is 3.83 Å². The highest BCUT2D eigenvalue weighted by atomic mass is 127. The zero-order chi connectivity index (χ0) is 8.55. The fourth-order valence-electron chi connectivity index (χ4n) is 0.982. The van der Waals surface area contributed by atoms with Gasteiger partial charge in [-0.05, 0) is 18.2 Å². The predicted molar refractivity (Wildman–Crippen MR) is 52.2 cm³/mol. The maximum atomic E-state index is 12.7. The first-order valence-electron chi connectivity index (χ1n) is 3.33. The van der Waals surface area contributed by atoms with Gasteiger partial charge >= 0.3 is 0 Å². The normalized spacial score (nSPS) is 10.5. The van der Waals surface area contributed by atoms with Crippen molar-refractivity contribution in [2.24, 2.45) is 0 Å². The molecule has 4 heteroatoms. The Morgan fingerprint density at radius 1 is 1.33 bits per heavy atom. The molecule has 0 fully saturated rings. The van der Waals surface area contributed by atoms with E-state index in [-0.39, 0.29) is 5.82 Å². The van der Waals surface area contributed by atoms with Crippen LogP contribution >= 0.6 is 22.6 Å². The lowest BCUT2D eigenvalue weighted by Crippen LogP contribution is -1.87. The van der Waals surface area contributed by atoms with Gasteiger partial charge in [-0.1, -0.05) is 0 Å². The van der Waals surface area contributed by atoms with Crippen molar-refractivity contribution in [3.05, 3.63) is 34.0 Å². The SMILES string of the molecule is Fc1ccc2nc(I)ncc2c1. The van der Waals surface area contributed by atoms with Gasteiger partial charge in [-0.3, -0.25) is 0 Å². The fourth-order valence-corrected chi connectivity index (χ4v) is 1.38. The van der Waals surface area contributed by atoms with Crippen LogP contribution in [-0.2, 0) is 0 Å². The molecule has 0 aliphatic carbocycles. The van der Waals surface area contributed by atoms with Crippen molar-refractivity contribution >= 4 is 33.5 Å². The quantitative estimate of drug-likeness (QED) is 0.544. The summed E-state index contributed by atoms with van der Waals surface area (Å²) in [6, 6.07) is 4.46. The third-order valence-electron chi connectivity index (χ3n) is 1.51. The van der Waals surface area contributed by atoms with E-state index in [0.717, 1.165) is 10.9 Å². The number of hydrogen-bond acceptors (Lipinski definition) is 2. The van der Waals surface area contributed by atoms with E-state index in [0.29, 0.717) is 3.83 Å². The second kappa shape index (κ2) is 2.93. The van der Waals surface area contributed by atoms with Gasteiger partial charge in [-0.15, -0.1) is 0 Å². The summed E-state index contributed by atoms with van der Waals surface area (Å²) in [5, 5.41) is 0.732. The van der Waals surface area contributed by atoms with Gasteiger partial charge in [0.2, 0.25) is 0 Å². The van der Waals surface area contributed by atoms with Crippen molar-refractivity contribution in [1.82, 2.24) is 9.97 Å². The van der Waals surface area contributed by atoms with Crippen LogP contribution in [0.2, 0.25) is 0 Å². The smallest absolute Gasteiger partial charge is 0.191 e. The van der Waals surface area contributed by atoms with E-state index >= 15 is 0 Å². The zero-order valence-corrected chi connectivity index (χ0v) is 8.12. The van der Waals surface area contributed by atoms with Crippen molar-refractivity contribution in [2.45, 2.75) is 0 Å². The highest BCUT2D eigenvalue weighted by Crippen LogP contribution is 2.12. The first kappa shape index (κ1) is 7.85. The number of rotatable bonds is 0. The number of aromatic nitrogens is 2. The maximum absolute atomic E-state index is 12.7.